The largest absolute Gasteiger partial charge is 0.550 e. The molecule has 0 radical (unpaired) electrons. The molecule has 0 aromatic carbocycles. The molecule has 1 unspecified atom stereocenters. The van der Waals surface area contributed by atoms with E-state index < -0.39 is 5.97 Å². The number of hydrogen-bond donors (Lipinski definition) is 0. The molecule has 0 spiro atoms. The average Bonchev–Trinajstić information content (AvgIpc) is 2.49. The molecule has 1 atom stereocenters. The SMILES string of the molecule is CCCCCCCC/C=C\CCCCOC(CC(=O)[O-])C[N+](C)(C)C. The van der Waals surface area contributed by atoms with Crippen molar-refractivity contribution in [2.45, 2.75) is 83.7 Å². The Bertz CT molecular complexity index is 348. The lowest BCUT2D eigenvalue weighted by atomic mass is 10.1. The highest BCUT2D eigenvalue weighted by Gasteiger charge is 2.18. The number of aliphatic carboxylic acids is 1. The third kappa shape index (κ3) is 19.3. The van der Waals surface area contributed by atoms with Crippen LogP contribution in [0.2, 0.25) is 0 Å². The third-order valence-corrected chi connectivity index (χ3v) is 4.16. The van der Waals surface area contributed by atoms with Crippen molar-refractivity contribution in [2.24, 2.45) is 0 Å². The van der Waals surface area contributed by atoms with E-state index in [9.17, 15) is 9.90 Å². The summed E-state index contributed by atoms with van der Waals surface area (Å²) in [5.41, 5.74) is 0. The zero-order valence-electron chi connectivity index (χ0n) is 17.1. The van der Waals surface area contributed by atoms with E-state index in [0.29, 0.717) is 17.6 Å². The van der Waals surface area contributed by atoms with Crippen LogP contribution in [0, 0.1) is 0 Å². The lowest BCUT2D eigenvalue weighted by molar-refractivity contribution is -0.873. The fourth-order valence-electron chi connectivity index (χ4n) is 2.87. The highest BCUT2D eigenvalue weighted by atomic mass is 16.5. The van der Waals surface area contributed by atoms with Crippen LogP contribution in [0.15, 0.2) is 12.2 Å². The van der Waals surface area contributed by atoms with Gasteiger partial charge < -0.3 is 19.1 Å². The molecule has 0 rings (SSSR count). The second kappa shape index (κ2) is 15.4. The predicted molar refractivity (Wildman–Crippen MR) is 103 cm³/mol. The van der Waals surface area contributed by atoms with E-state index in [2.05, 4.69) is 19.1 Å². The van der Waals surface area contributed by atoms with Crippen molar-refractivity contribution in [1.29, 1.82) is 0 Å². The van der Waals surface area contributed by atoms with E-state index in [1.165, 1.54) is 44.9 Å². The summed E-state index contributed by atoms with van der Waals surface area (Å²) in [5.74, 6) is -1.03. The van der Waals surface area contributed by atoms with Crippen LogP contribution in [0.25, 0.3) is 0 Å². The van der Waals surface area contributed by atoms with Crippen LogP contribution in [0.5, 0.6) is 0 Å². The number of unbranched alkanes of at least 4 members (excludes halogenated alkanes) is 8. The maximum atomic E-state index is 10.8. The zero-order chi connectivity index (χ0) is 19.0. The third-order valence-electron chi connectivity index (χ3n) is 4.16. The minimum absolute atomic E-state index is 0.0202. The van der Waals surface area contributed by atoms with Crippen LogP contribution in [0.3, 0.4) is 0 Å². The number of allylic oxidation sites excluding steroid dienone is 2. The first-order valence-electron chi connectivity index (χ1n) is 10.1. The van der Waals surface area contributed by atoms with Crippen LogP contribution < -0.4 is 5.11 Å². The molecule has 0 aliphatic rings. The van der Waals surface area contributed by atoms with Gasteiger partial charge in [-0.15, -0.1) is 0 Å². The molecule has 25 heavy (non-hydrogen) atoms. The minimum Gasteiger partial charge on any atom is -0.550 e. The molecule has 0 saturated carbocycles. The molecule has 0 aromatic heterocycles. The van der Waals surface area contributed by atoms with Gasteiger partial charge in [-0.2, -0.15) is 0 Å². The molecular formula is C21H41NO3. The summed E-state index contributed by atoms with van der Waals surface area (Å²) in [4.78, 5) is 10.8. The van der Waals surface area contributed by atoms with Crippen molar-refractivity contribution < 1.29 is 19.1 Å². The molecule has 148 valence electrons. The molecule has 0 fully saturated rings. The Morgan fingerprint density at radius 3 is 2.08 bits per heavy atom. The standard InChI is InChI=1S/C21H41NO3/c1-5-6-7-8-9-10-11-12-13-14-15-16-17-25-20(18-21(23)24)19-22(2,3)4/h12-13,20H,5-11,14-19H2,1-4H3/b13-12-. The Morgan fingerprint density at radius 2 is 1.52 bits per heavy atom. The first-order valence-corrected chi connectivity index (χ1v) is 10.1. The van der Waals surface area contributed by atoms with E-state index in [4.69, 9.17) is 4.74 Å². The van der Waals surface area contributed by atoms with Gasteiger partial charge in [0.2, 0.25) is 0 Å². The highest BCUT2D eigenvalue weighted by molar-refractivity contribution is 5.64. The summed E-state index contributed by atoms with van der Waals surface area (Å²) < 4.78 is 6.45. The van der Waals surface area contributed by atoms with Gasteiger partial charge in [-0.05, 0) is 32.1 Å². The van der Waals surface area contributed by atoms with Crippen LogP contribution in [-0.2, 0) is 9.53 Å². The fraction of sp³-hybridized carbons (Fsp3) is 0.857. The molecule has 0 saturated heterocycles. The molecule has 0 aliphatic heterocycles. The lowest BCUT2D eigenvalue weighted by Crippen LogP contribution is -2.44. The van der Waals surface area contributed by atoms with E-state index >= 15 is 0 Å². The number of rotatable bonds is 17. The Labute approximate surface area is 155 Å². The van der Waals surface area contributed by atoms with Crippen LogP contribution in [-0.4, -0.2) is 50.9 Å². The summed E-state index contributed by atoms with van der Waals surface area (Å²) in [5, 5.41) is 10.8. The molecule has 0 heterocycles. The van der Waals surface area contributed by atoms with Crippen LogP contribution >= 0.6 is 0 Å². The van der Waals surface area contributed by atoms with Crippen molar-refractivity contribution >= 4 is 5.97 Å². The summed E-state index contributed by atoms with van der Waals surface area (Å²) >= 11 is 0. The quantitative estimate of drug-likeness (QED) is 0.227. The number of carbonyl (C=O) groups is 1. The van der Waals surface area contributed by atoms with Crippen molar-refractivity contribution in [1.82, 2.24) is 0 Å². The lowest BCUT2D eigenvalue weighted by Gasteiger charge is -2.29. The van der Waals surface area contributed by atoms with Crippen molar-refractivity contribution in [2.75, 3.05) is 34.3 Å². The Morgan fingerprint density at radius 1 is 0.960 bits per heavy atom. The van der Waals surface area contributed by atoms with Gasteiger partial charge in [-0.3, -0.25) is 0 Å². The molecule has 0 bridgehead atoms. The number of nitrogens with zero attached hydrogens (tertiary/aromatic N) is 1. The smallest absolute Gasteiger partial charge is 0.112 e. The first kappa shape index (κ1) is 24.1. The number of hydrogen-bond acceptors (Lipinski definition) is 3. The summed E-state index contributed by atoms with van der Waals surface area (Å²) in [6.45, 7) is 3.57. The van der Waals surface area contributed by atoms with Crippen molar-refractivity contribution in [3.8, 4) is 0 Å². The topological polar surface area (TPSA) is 49.4 Å². The Kier molecular flexibility index (Phi) is 14.9. The fourth-order valence-corrected chi connectivity index (χ4v) is 2.87. The first-order chi connectivity index (χ1) is 11.8. The number of quaternary nitrogens is 1. The molecule has 0 N–H and O–H groups in total. The van der Waals surface area contributed by atoms with Crippen molar-refractivity contribution in [3.63, 3.8) is 0 Å². The van der Waals surface area contributed by atoms with E-state index in [1.807, 2.05) is 21.1 Å². The number of carbonyl (C=O) groups excluding carboxylic acids is 1. The van der Waals surface area contributed by atoms with E-state index in [-0.39, 0.29) is 12.5 Å². The molecular weight excluding hydrogens is 314 g/mol. The van der Waals surface area contributed by atoms with E-state index in [0.717, 1.165) is 19.3 Å². The zero-order valence-corrected chi connectivity index (χ0v) is 17.1. The molecule has 4 heteroatoms. The number of likely N-dealkylation sites (N-methyl/N-ethyl adjacent to an activating group) is 1. The number of carboxylic acids is 1. The van der Waals surface area contributed by atoms with Gasteiger partial charge in [-0.1, -0.05) is 51.2 Å². The summed E-state index contributed by atoms with van der Waals surface area (Å²) in [7, 11) is 6.13. The maximum absolute atomic E-state index is 10.8. The van der Waals surface area contributed by atoms with Gasteiger partial charge in [0.1, 0.15) is 12.6 Å². The molecule has 0 amide bonds. The Balaban J connectivity index is 3.61. The van der Waals surface area contributed by atoms with Crippen LogP contribution in [0.4, 0.5) is 0 Å². The van der Waals surface area contributed by atoms with Crippen molar-refractivity contribution in [3.05, 3.63) is 12.2 Å². The molecule has 0 aliphatic carbocycles. The van der Waals surface area contributed by atoms with Gasteiger partial charge in [-0.25, -0.2) is 0 Å². The minimum atomic E-state index is -1.03. The maximum Gasteiger partial charge on any atom is 0.112 e. The van der Waals surface area contributed by atoms with E-state index in [1.54, 1.807) is 0 Å². The van der Waals surface area contributed by atoms with Crippen LogP contribution in [0.1, 0.15) is 77.6 Å². The van der Waals surface area contributed by atoms with Gasteiger partial charge in [0.15, 0.2) is 0 Å². The summed E-state index contributed by atoms with van der Waals surface area (Å²) in [6.07, 6.45) is 16.7. The van der Waals surface area contributed by atoms with Gasteiger partial charge >= 0.3 is 0 Å². The summed E-state index contributed by atoms with van der Waals surface area (Å²) in [6, 6.07) is 0. The second-order valence-electron chi connectivity index (χ2n) is 8.07. The monoisotopic (exact) mass is 355 g/mol. The molecule has 0 aromatic rings. The van der Waals surface area contributed by atoms with Gasteiger partial charge in [0.05, 0.1) is 21.1 Å². The number of carboxylic acid groups (broad SMARTS) is 1. The predicted octanol–water partition coefficient (Wildman–Crippen LogP) is 3.69. The van der Waals surface area contributed by atoms with Gasteiger partial charge in [0, 0.05) is 19.0 Å². The molecule has 4 nitrogen and oxygen atoms in total. The van der Waals surface area contributed by atoms with Gasteiger partial charge in [0.25, 0.3) is 0 Å². The average molecular weight is 356 g/mol. The highest BCUT2D eigenvalue weighted by Crippen LogP contribution is 2.09. The number of ether oxygens (including phenoxy) is 1. The Hall–Kier alpha value is -0.870. The second-order valence-corrected chi connectivity index (χ2v) is 8.07. The normalized spacial score (nSPS) is 13.4.